The summed E-state index contributed by atoms with van der Waals surface area (Å²) >= 11 is 0. The van der Waals surface area contributed by atoms with Crippen LogP contribution < -0.4 is 5.32 Å². The van der Waals surface area contributed by atoms with Crippen LogP contribution in [0.3, 0.4) is 0 Å². The summed E-state index contributed by atoms with van der Waals surface area (Å²) in [6.45, 7) is 4.07. The Labute approximate surface area is 96.4 Å². The van der Waals surface area contributed by atoms with E-state index < -0.39 is 0 Å². The van der Waals surface area contributed by atoms with E-state index in [1.165, 1.54) is 11.1 Å². The highest BCUT2D eigenvalue weighted by molar-refractivity contribution is 5.22. The lowest BCUT2D eigenvalue weighted by atomic mass is 10.1. The normalized spacial score (nSPS) is 24.9. The van der Waals surface area contributed by atoms with Crippen LogP contribution in [0.4, 0.5) is 0 Å². The first-order valence-electron chi connectivity index (χ1n) is 5.80. The summed E-state index contributed by atoms with van der Waals surface area (Å²) in [7, 11) is 0. The van der Waals surface area contributed by atoms with Gasteiger partial charge in [0.1, 0.15) is 0 Å². The highest BCUT2D eigenvalue weighted by Crippen LogP contribution is 2.07. The van der Waals surface area contributed by atoms with E-state index >= 15 is 0 Å². The lowest BCUT2D eigenvalue weighted by Gasteiger charge is -2.14. The Morgan fingerprint density at radius 1 is 1.44 bits per heavy atom. The topological polar surface area (TPSA) is 41.5 Å². The predicted octanol–water partition coefficient (Wildman–Crippen LogP) is 0.887. The quantitative estimate of drug-likeness (QED) is 0.793. The van der Waals surface area contributed by atoms with Crippen LogP contribution in [0.15, 0.2) is 24.3 Å². The highest BCUT2D eigenvalue weighted by atomic mass is 16.5. The fraction of sp³-hybridized carbons (Fsp3) is 0.538. The summed E-state index contributed by atoms with van der Waals surface area (Å²) in [6, 6.07) is 8.62. The first-order chi connectivity index (χ1) is 7.75. The van der Waals surface area contributed by atoms with Crippen molar-refractivity contribution in [3.05, 3.63) is 35.4 Å². The van der Waals surface area contributed by atoms with Gasteiger partial charge in [0.2, 0.25) is 0 Å². The number of ether oxygens (including phenoxy) is 1. The average molecular weight is 221 g/mol. The number of hydrogen-bond acceptors (Lipinski definition) is 3. The van der Waals surface area contributed by atoms with E-state index in [0.717, 1.165) is 13.0 Å². The van der Waals surface area contributed by atoms with Gasteiger partial charge < -0.3 is 15.2 Å². The molecule has 3 heteroatoms. The Balaban J connectivity index is 1.75. The molecule has 0 amide bonds. The van der Waals surface area contributed by atoms with Gasteiger partial charge in [-0.1, -0.05) is 29.8 Å². The minimum Gasteiger partial charge on any atom is -0.389 e. The first-order valence-corrected chi connectivity index (χ1v) is 5.80. The molecule has 2 rings (SSSR count). The summed E-state index contributed by atoms with van der Waals surface area (Å²) in [5.41, 5.74) is 2.63. The van der Waals surface area contributed by atoms with Crippen LogP contribution in [0.2, 0.25) is 0 Å². The number of aliphatic hydroxyl groups excluding tert-OH is 1. The Morgan fingerprint density at radius 2 is 2.31 bits per heavy atom. The molecule has 1 aromatic rings. The van der Waals surface area contributed by atoms with Crippen LogP contribution in [0, 0.1) is 6.92 Å². The van der Waals surface area contributed by atoms with Gasteiger partial charge in [0.25, 0.3) is 0 Å². The zero-order valence-corrected chi connectivity index (χ0v) is 9.65. The molecule has 0 aromatic heterocycles. The summed E-state index contributed by atoms with van der Waals surface area (Å²) in [4.78, 5) is 0. The van der Waals surface area contributed by atoms with E-state index in [9.17, 15) is 5.11 Å². The number of benzene rings is 1. The van der Waals surface area contributed by atoms with Crippen molar-refractivity contribution in [1.29, 1.82) is 0 Å². The van der Waals surface area contributed by atoms with E-state index in [0.29, 0.717) is 13.2 Å². The van der Waals surface area contributed by atoms with Gasteiger partial charge in [-0.3, -0.25) is 0 Å². The average Bonchev–Trinajstić information content (AvgIpc) is 2.65. The van der Waals surface area contributed by atoms with Gasteiger partial charge >= 0.3 is 0 Å². The molecule has 0 aliphatic carbocycles. The number of aryl methyl sites for hydroxylation is 1. The third-order valence-electron chi connectivity index (χ3n) is 2.95. The van der Waals surface area contributed by atoms with E-state index in [1.54, 1.807) is 0 Å². The van der Waals surface area contributed by atoms with Gasteiger partial charge in [0.05, 0.1) is 25.4 Å². The van der Waals surface area contributed by atoms with Crippen LogP contribution in [0.1, 0.15) is 11.1 Å². The van der Waals surface area contributed by atoms with Gasteiger partial charge in [-0.2, -0.15) is 0 Å². The third kappa shape index (κ3) is 3.04. The maximum atomic E-state index is 9.54. The van der Waals surface area contributed by atoms with E-state index in [2.05, 4.69) is 36.5 Å². The Bertz CT molecular complexity index is 340. The SMILES string of the molecule is Cc1cccc(CCNC2COCC2O)c1. The Hall–Kier alpha value is -0.900. The minimum absolute atomic E-state index is 0.102. The highest BCUT2D eigenvalue weighted by Gasteiger charge is 2.24. The molecule has 2 N–H and O–H groups in total. The molecule has 1 fully saturated rings. The van der Waals surface area contributed by atoms with Crippen molar-refractivity contribution in [3.63, 3.8) is 0 Å². The predicted molar refractivity (Wildman–Crippen MR) is 63.5 cm³/mol. The Kier molecular flexibility index (Phi) is 3.93. The molecule has 1 aliphatic rings. The van der Waals surface area contributed by atoms with Crippen molar-refractivity contribution in [2.75, 3.05) is 19.8 Å². The van der Waals surface area contributed by atoms with Crippen LogP contribution >= 0.6 is 0 Å². The number of aliphatic hydroxyl groups is 1. The molecule has 2 unspecified atom stereocenters. The van der Waals surface area contributed by atoms with Crippen molar-refractivity contribution in [2.45, 2.75) is 25.5 Å². The van der Waals surface area contributed by atoms with Crippen LogP contribution in [0.5, 0.6) is 0 Å². The second kappa shape index (κ2) is 5.43. The third-order valence-corrected chi connectivity index (χ3v) is 2.95. The maximum absolute atomic E-state index is 9.54. The summed E-state index contributed by atoms with van der Waals surface area (Å²) in [5, 5.41) is 12.9. The molecule has 3 nitrogen and oxygen atoms in total. The lowest BCUT2D eigenvalue weighted by molar-refractivity contribution is 0.122. The molecule has 88 valence electrons. The number of hydrogen-bond donors (Lipinski definition) is 2. The van der Waals surface area contributed by atoms with Gasteiger partial charge in [0, 0.05) is 0 Å². The summed E-state index contributed by atoms with van der Waals surface area (Å²) < 4.78 is 5.18. The molecule has 1 aromatic carbocycles. The lowest BCUT2D eigenvalue weighted by Crippen LogP contribution is -2.39. The number of rotatable bonds is 4. The largest absolute Gasteiger partial charge is 0.389 e. The van der Waals surface area contributed by atoms with Crippen molar-refractivity contribution in [2.24, 2.45) is 0 Å². The van der Waals surface area contributed by atoms with Crippen molar-refractivity contribution in [3.8, 4) is 0 Å². The van der Waals surface area contributed by atoms with Gasteiger partial charge in [0.15, 0.2) is 0 Å². The molecule has 0 radical (unpaired) electrons. The molecule has 2 atom stereocenters. The van der Waals surface area contributed by atoms with Crippen LogP contribution in [-0.2, 0) is 11.2 Å². The zero-order valence-electron chi connectivity index (χ0n) is 9.65. The molecule has 16 heavy (non-hydrogen) atoms. The zero-order chi connectivity index (χ0) is 11.4. The van der Waals surface area contributed by atoms with E-state index in [4.69, 9.17) is 4.74 Å². The Morgan fingerprint density at radius 3 is 3.00 bits per heavy atom. The first kappa shape index (κ1) is 11.6. The molecule has 1 aliphatic heterocycles. The van der Waals surface area contributed by atoms with Crippen LogP contribution in [-0.4, -0.2) is 37.0 Å². The van der Waals surface area contributed by atoms with Gasteiger partial charge in [-0.15, -0.1) is 0 Å². The molecule has 0 bridgehead atoms. The van der Waals surface area contributed by atoms with E-state index in [1.807, 2.05) is 0 Å². The second-order valence-electron chi connectivity index (χ2n) is 4.40. The maximum Gasteiger partial charge on any atom is 0.0948 e. The smallest absolute Gasteiger partial charge is 0.0948 e. The molecular weight excluding hydrogens is 202 g/mol. The molecule has 0 saturated carbocycles. The van der Waals surface area contributed by atoms with Crippen molar-refractivity contribution >= 4 is 0 Å². The van der Waals surface area contributed by atoms with Gasteiger partial charge in [-0.25, -0.2) is 0 Å². The fourth-order valence-electron chi connectivity index (χ4n) is 2.01. The monoisotopic (exact) mass is 221 g/mol. The van der Waals surface area contributed by atoms with Crippen molar-refractivity contribution < 1.29 is 9.84 Å². The van der Waals surface area contributed by atoms with Crippen LogP contribution in [0.25, 0.3) is 0 Å². The van der Waals surface area contributed by atoms with Gasteiger partial charge in [-0.05, 0) is 25.5 Å². The molecule has 1 saturated heterocycles. The summed E-state index contributed by atoms with van der Waals surface area (Å²) in [5.74, 6) is 0. The molecular formula is C13H19NO2. The van der Waals surface area contributed by atoms with Crippen molar-refractivity contribution in [1.82, 2.24) is 5.32 Å². The minimum atomic E-state index is -0.350. The fourth-order valence-corrected chi connectivity index (χ4v) is 2.01. The van der Waals surface area contributed by atoms with E-state index in [-0.39, 0.29) is 12.1 Å². The second-order valence-corrected chi connectivity index (χ2v) is 4.40. The summed E-state index contributed by atoms with van der Waals surface area (Å²) in [6.07, 6.45) is 0.641. The number of nitrogens with one attached hydrogen (secondary N) is 1. The molecule has 0 spiro atoms. The molecule has 1 heterocycles. The standard InChI is InChI=1S/C13H19NO2/c1-10-3-2-4-11(7-10)5-6-14-12-8-16-9-13(12)15/h2-4,7,12-15H,5-6,8-9H2,1H3.